The van der Waals surface area contributed by atoms with E-state index in [1.807, 2.05) is 26.0 Å². The average Bonchev–Trinajstić information content (AvgIpc) is 3.05. The van der Waals surface area contributed by atoms with Crippen molar-refractivity contribution < 1.29 is 18.8 Å². The topological polar surface area (TPSA) is 100 Å². The van der Waals surface area contributed by atoms with Gasteiger partial charge in [-0.1, -0.05) is 5.16 Å². The second-order valence-corrected chi connectivity index (χ2v) is 6.48. The van der Waals surface area contributed by atoms with Gasteiger partial charge in [-0.3, -0.25) is 4.79 Å². The summed E-state index contributed by atoms with van der Waals surface area (Å²) in [5, 5.41) is 11.9. The van der Waals surface area contributed by atoms with Crippen LogP contribution in [0.15, 0.2) is 28.8 Å². The fourth-order valence-electron chi connectivity index (χ4n) is 2.89. The van der Waals surface area contributed by atoms with Gasteiger partial charge in [-0.2, -0.15) is 10.1 Å². The number of hydrogen-bond donors (Lipinski definition) is 0. The second kappa shape index (κ2) is 8.60. The van der Waals surface area contributed by atoms with E-state index in [2.05, 4.69) is 20.3 Å². The molecule has 2 heterocycles. The van der Waals surface area contributed by atoms with Crippen LogP contribution in [0.1, 0.15) is 36.1 Å². The van der Waals surface area contributed by atoms with Gasteiger partial charge >= 0.3 is 5.97 Å². The molecule has 0 unspecified atom stereocenters. The van der Waals surface area contributed by atoms with Crippen LogP contribution in [0.25, 0.3) is 11.4 Å². The highest BCUT2D eigenvalue weighted by molar-refractivity contribution is 5.68. The van der Waals surface area contributed by atoms with Crippen LogP contribution in [0.2, 0.25) is 0 Å². The largest absolute Gasteiger partial charge is 0.494 e. The third-order valence-electron chi connectivity index (χ3n) is 4.05. The minimum absolute atomic E-state index is 0.204. The van der Waals surface area contributed by atoms with Gasteiger partial charge in [0.25, 0.3) is 0 Å². The number of esters is 1. The Bertz CT molecular complexity index is 944. The smallest absolute Gasteiger partial charge is 0.309 e. The number of benzene rings is 1. The first-order chi connectivity index (χ1) is 13.4. The molecule has 0 saturated heterocycles. The molecule has 0 saturated carbocycles. The van der Waals surface area contributed by atoms with Crippen molar-refractivity contribution in [1.29, 1.82) is 0 Å². The van der Waals surface area contributed by atoms with Crippen molar-refractivity contribution in [2.24, 2.45) is 0 Å². The van der Waals surface area contributed by atoms with E-state index in [0.717, 1.165) is 34.6 Å². The monoisotopic (exact) mass is 382 g/mol. The summed E-state index contributed by atoms with van der Waals surface area (Å²) in [6.07, 6.45) is 1.50. The van der Waals surface area contributed by atoms with E-state index in [1.54, 1.807) is 19.1 Å². The Morgan fingerprint density at radius 1 is 1.11 bits per heavy atom. The second-order valence-electron chi connectivity index (χ2n) is 6.48. The molecule has 28 heavy (non-hydrogen) atoms. The zero-order valence-electron chi connectivity index (χ0n) is 16.4. The average molecular weight is 382 g/mol. The zero-order valence-corrected chi connectivity index (χ0v) is 16.4. The van der Waals surface area contributed by atoms with Crippen LogP contribution < -0.4 is 9.47 Å². The van der Waals surface area contributed by atoms with Gasteiger partial charge in [0.05, 0.1) is 12.3 Å². The summed E-state index contributed by atoms with van der Waals surface area (Å²) in [6, 6.07) is 7.38. The minimum Gasteiger partial charge on any atom is -0.494 e. The summed E-state index contributed by atoms with van der Waals surface area (Å²) in [5.41, 5.74) is 3.84. The molecular weight excluding hydrogens is 360 g/mol. The van der Waals surface area contributed by atoms with Gasteiger partial charge < -0.3 is 14.0 Å². The molecule has 1 aromatic carbocycles. The molecule has 0 amide bonds. The van der Waals surface area contributed by atoms with Gasteiger partial charge in [0.1, 0.15) is 5.75 Å². The number of ether oxygens (including phenoxy) is 2. The molecule has 0 atom stereocenters. The molecule has 0 bridgehead atoms. The fraction of sp³-hybridized carbons (Fsp3) is 0.350. The predicted octanol–water partition coefficient (Wildman–Crippen LogP) is 3.39. The number of nitrogens with zero attached hydrogens (tertiary/aromatic N) is 4. The first kappa shape index (κ1) is 19.5. The number of aryl methyl sites for hydroxylation is 4. The SMILES string of the molecule is CC(=O)Oc1ccc(CCCOc2cc(C)c(-c3noc(C)n3)c(C)c2)nn1. The highest BCUT2D eigenvalue weighted by Crippen LogP contribution is 2.29. The van der Waals surface area contributed by atoms with Crippen LogP contribution in [-0.2, 0) is 11.2 Å². The molecule has 2 aromatic heterocycles. The molecule has 0 spiro atoms. The first-order valence-electron chi connectivity index (χ1n) is 8.98. The molecule has 8 heteroatoms. The Balaban J connectivity index is 1.54. The number of aromatic nitrogens is 4. The molecule has 8 nitrogen and oxygen atoms in total. The lowest BCUT2D eigenvalue weighted by Gasteiger charge is -2.11. The Hall–Kier alpha value is -3.29. The third-order valence-corrected chi connectivity index (χ3v) is 4.05. The summed E-state index contributed by atoms with van der Waals surface area (Å²) in [7, 11) is 0. The Morgan fingerprint density at radius 2 is 1.86 bits per heavy atom. The van der Waals surface area contributed by atoms with E-state index >= 15 is 0 Å². The number of rotatable bonds is 7. The van der Waals surface area contributed by atoms with Gasteiger partial charge in [0, 0.05) is 25.5 Å². The molecule has 3 aromatic rings. The third kappa shape index (κ3) is 4.91. The van der Waals surface area contributed by atoms with E-state index in [9.17, 15) is 4.79 Å². The van der Waals surface area contributed by atoms with E-state index in [4.69, 9.17) is 14.0 Å². The van der Waals surface area contributed by atoms with Crippen LogP contribution >= 0.6 is 0 Å². The van der Waals surface area contributed by atoms with Crippen LogP contribution in [0.5, 0.6) is 11.6 Å². The van der Waals surface area contributed by atoms with Crippen LogP contribution in [-0.4, -0.2) is 32.9 Å². The summed E-state index contributed by atoms with van der Waals surface area (Å²) in [5.74, 6) is 1.72. The van der Waals surface area contributed by atoms with Crippen molar-refractivity contribution in [3.8, 4) is 23.0 Å². The Morgan fingerprint density at radius 3 is 2.43 bits per heavy atom. The predicted molar refractivity (Wildman–Crippen MR) is 101 cm³/mol. The first-order valence-corrected chi connectivity index (χ1v) is 8.98. The lowest BCUT2D eigenvalue weighted by Crippen LogP contribution is -2.05. The molecule has 0 aliphatic rings. The van der Waals surface area contributed by atoms with Crippen molar-refractivity contribution in [2.75, 3.05) is 6.61 Å². The van der Waals surface area contributed by atoms with E-state index < -0.39 is 5.97 Å². The van der Waals surface area contributed by atoms with Crippen LogP contribution in [0.3, 0.4) is 0 Å². The van der Waals surface area contributed by atoms with E-state index in [1.165, 1.54) is 6.92 Å². The van der Waals surface area contributed by atoms with Gasteiger partial charge in [0.15, 0.2) is 0 Å². The lowest BCUT2D eigenvalue weighted by atomic mass is 10.0. The van der Waals surface area contributed by atoms with Gasteiger partial charge in [0.2, 0.25) is 17.6 Å². The number of carbonyl (C=O) groups is 1. The minimum atomic E-state index is -0.415. The van der Waals surface area contributed by atoms with Gasteiger partial charge in [-0.15, -0.1) is 5.10 Å². The number of carbonyl (C=O) groups excluding carboxylic acids is 1. The normalized spacial score (nSPS) is 10.7. The van der Waals surface area contributed by atoms with Gasteiger partial charge in [-0.05, 0) is 56.0 Å². The molecule has 0 N–H and O–H groups in total. The van der Waals surface area contributed by atoms with Crippen molar-refractivity contribution >= 4 is 5.97 Å². The Kier molecular flexibility index (Phi) is 5.98. The van der Waals surface area contributed by atoms with Crippen molar-refractivity contribution in [3.63, 3.8) is 0 Å². The lowest BCUT2D eigenvalue weighted by molar-refractivity contribution is -0.132. The van der Waals surface area contributed by atoms with E-state index in [0.29, 0.717) is 24.7 Å². The maximum absolute atomic E-state index is 10.9. The summed E-state index contributed by atoms with van der Waals surface area (Å²) >= 11 is 0. The molecule has 0 fully saturated rings. The molecule has 3 rings (SSSR count). The number of hydrogen-bond acceptors (Lipinski definition) is 8. The molecule has 0 radical (unpaired) electrons. The van der Waals surface area contributed by atoms with Gasteiger partial charge in [-0.25, -0.2) is 0 Å². The van der Waals surface area contributed by atoms with Crippen LogP contribution in [0, 0.1) is 20.8 Å². The summed E-state index contributed by atoms with van der Waals surface area (Å²) < 4.78 is 15.8. The standard InChI is InChI=1S/C20H22N4O4/c1-12-10-17(11-13(2)19(12)20-21-14(3)28-24-20)26-9-5-6-16-7-8-18(23-22-16)27-15(4)25/h7-8,10-11H,5-6,9H2,1-4H3. The van der Waals surface area contributed by atoms with Crippen molar-refractivity contribution in [3.05, 3.63) is 47.0 Å². The maximum atomic E-state index is 10.9. The van der Waals surface area contributed by atoms with Crippen molar-refractivity contribution in [1.82, 2.24) is 20.3 Å². The molecule has 146 valence electrons. The Labute approximate surface area is 162 Å². The van der Waals surface area contributed by atoms with Crippen LogP contribution in [0.4, 0.5) is 0 Å². The van der Waals surface area contributed by atoms with E-state index in [-0.39, 0.29) is 5.88 Å². The maximum Gasteiger partial charge on any atom is 0.309 e. The zero-order chi connectivity index (χ0) is 20.1. The molecule has 0 aliphatic carbocycles. The quantitative estimate of drug-likeness (QED) is 0.453. The fourth-order valence-corrected chi connectivity index (χ4v) is 2.89. The molecular formula is C20H22N4O4. The highest BCUT2D eigenvalue weighted by Gasteiger charge is 2.13. The summed E-state index contributed by atoms with van der Waals surface area (Å²) in [4.78, 5) is 15.2. The summed E-state index contributed by atoms with van der Waals surface area (Å²) in [6.45, 7) is 7.65. The molecule has 0 aliphatic heterocycles. The highest BCUT2D eigenvalue weighted by atomic mass is 16.5. The van der Waals surface area contributed by atoms with Crippen molar-refractivity contribution in [2.45, 2.75) is 40.5 Å².